The highest BCUT2D eigenvalue weighted by Crippen LogP contribution is 2.38. The third kappa shape index (κ3) is 14.1. The number of rotatable bonds is 12. The smallest absolute Gasteiger partial charge is 0.308 e. The standard InChI is InChI=1S/C45H76N2O15/c1-25-22-31(20-21-48)40(62-44-42(59-30(6)49)38(47(10)11)39(28(4)58-44)61-37-24-45(7,53)43(52)29(5)57-37)41(54-12)33(50)23-35(51)55-26(2)16-14-13-15-17-34(25)60-36-19-18-32(46(8)9)27(3)56-36/h13-15,17,21,25-29,31-34,36-44,50,52-53H,16,18-20,22-24H2,1-12H3/b14-13+,17-15+/t25-,26-,27-,28-,29+,31+,32+,33-,34+,36-,37-,38+,39+,40+,41+,42+,43-,44+,45+/m1/s1. The number of aliphatic hydroxyl groups excluding tert-OH is 2. The summed E-state index contributed by atoms with van der Waals surface area (Å²) in [7, 11) is 9.03. The van der Waals surface area contributed by atoms with E-state index < -0.39 is 116 Å². The molecule has 4 rings (SSSR count). The second kappa shape index (κ2) is 23.7. The van der Waals surface area contributed by atoms with Crippen LogP contribution in [0.15, 0.2) is 24.3 Å². The molecule has 3 N–H and O–H groups in total. The van der Waals surface area contributed by atoms with Crippen LogP contribution in [0.25, 0.3) is 0 Å². The number of nitrogens with zero attached hydrogens (tertiary/aromatic N) is 2. The van der Waals surface area contributed by atoms with Gasteiger partial charge in [0.05, 0.1) is 54.7 Å². The van der Waals surface area contributed by atoms with Crippen molar-refractivity contribution < 1.29 is 72.3 Å². The van der Waals surface area contributed by atoms with Crippen LogP contribution in [0, 0.1) is 11.8 Å². The number of likely N-dealkylation sites (N-methyl/N-ethyl adjacent to an activating group) is 2. The summed E-state index contributed by atoms with van der Waals surface area (Å²) in [6, 6.07) is -0.475. The van der Waals surface area contributed by atoms with E-state index in [0.717, 1.165) is 12.7 Å². The quantitative estimate of drug-likeness (QED) is 0.191. The van der Waals surface area contributed by atoms with Crippen LogP contribution < -0.4 is 0 Å². The van der Waals surface area contributed by atoms with E-state index in [9.17, 15) is 29.7 Å². The van der Waals surface area contributed by atoms with Crippen molar-refractivity contribution >= 4 is 18.2 Å². The fraction of sp³-hybridized carbons (Fsp3) is 0.844. The second-order valence-corrected chi connectivity index (χ2v) is 18.4. The van der Waals surface area contributed by atoms with Crippen molar-refractivity contribution in [3.8, 4) is 0 Å². The number of cyclic esters (lactones) is 1. The number of hydrogen-bond donors (Lipinski definition) is 3. The van der Waals surface area contributed by atoms with Crippen LogP contribution >= 0.6 is 0 Å². The molecule has 17 heteroatoms. The number of aldehydes is 1. The molecule has 0 aromatic carbocycles. The zero-order valence-electron chi connectivity index (χ0n) is 38.9. The number of methoxy groups -OCH3 is 1. The maximum Gasteiger partial charge on any atom is 0.308 e. The van der Waals surface area contributed by atoms with Crippen LogP contribution in [0.5, 0.6) is 0 Å². The Morgan fingerprint density at radius 2 is 1.58 bits per heavy atom. The number of aliphatic hydroxyl groups is 3. The summed E-state index contributed by atoms with van der Waals surface area (Å²) in [6.07, 6.45) is -1.89. The Morgan fingerprint density at radius 3 is 2.18 bits per heavy atom. The fourth-order valence-corrected chi connectivity index (χ4v) is 9.39. The van der Waals surface area contributed by atoms with Crippen molar-refractivity contribution in [1.29, 1.82) is 0 Å². The van der Waals surface area contributed by atoms with Gasteiger partial charge < -0.3 is 72.5 Å². The van der Waals surface area contributed by atoms with Crippen LogP contribution in [0.4, 0.5) is 0 Å². The second-order valence-electron chi connectivity index (χ2n) is 18.4. The molecule has 0 aromatic heterocycles. The monoisotopic (exact) mass is 885 g/mol. The highest BCUT2D eigenvalue weighted by Gasteiger charge is 2.53. The lowest BCUT2D eigenvalue weighted by Gasteiger charge is -2.50. The minimum Gasteiger partial charge on any atom is -0.462 e. The van der Waals surface area contributed by atoms with Gasteiger partial charge in [-0.05, 0) is 93.9 Å². The van der Waals surface area contributed by atoms with Gasteiger partial charge in [-0.15, -0.1) is 0 Å². The van der Waals surface area contributed by atoms with Crippen molar-refractivity contribution in [2.75, 3.05) is 35.3 Å². The normalized spacial score (nSPS) is 44.0. The van der Waals surface area contributed by atoms with Gasteiger partial charge in [-0.2, -0.15) is 0 Å². The van der Waals surface area contributed by atoms with Crippen molar-refractivity contribution in [2.24, 2.45) is 11.8 Å². The first-order valence-corrected chi connectivity index (χ1v) is 22.2. The third-order valence-corrected chi connectivity index (χ3v) is 12.7. The Kier molecular flexibility index (Phi) is 20.0. The summed E-state index contributed by atoms with van der Waals surface area (Å²) in [6.45, 7) is 12.0. The summed E-state index contributed by atoms with van der Waals surface area (Å²) in [5.41, 5.74) is -1.50. The van der Waals surface area contributed by atoms with Gasteiger partial charge in [-0.1, -0.05) is 31.2 Å². The molecule has 3 fully saturated rings. The first kappa shape index (κ1) is 52.2. The highest BCUT2D eigenvalue weighted by atomic mass is 16.7. The number of esters is 2. The van der Waals surface area contributed by atoms with E-state index in [4.69, 9.17) is 42.6 Å². The first-order chi connectivity index (χ1) is 29.2. The third-order valence-electron chi connectivity index (χ3n) is 12.7. The molecule has 0 unspecified atom stereocenters. The Bertz CT molecular complexity index is 1480. The number of allylic oxidation sites excluding steroid dienone is 2. The molecule has 0 aromatic rings. The molecule has 0 spiro atoms. The fourth-order valence-electron chi connectivity index (χ4n) is 9.39. The molecule has 4 heterocycles. The Labute approximate surface area is 368 Å². The molecule has 0 aliphatic carbocycles. The minimum absolute atomic E-state index is 0.0345. The number of hydrogen-bond acceptors (Lipinski definition) is 17. The molecule has 62 heavy (non-hydrogen) atoms. The topological polar surface area (TPSA) is 201 Å². The van der Waals surface area contributed by atoms with E-state index in [-0.39, 0.29) is 30.9 Å². The molecular formula is C45H76N2O15. The maximum atomic E-state index is 13.2. The molecule has 0 radical (unpaired) electrons. The Morgan fingerprint density at radius 1 is 0.887 bits per heavy atom. The average molecular weight is 885 g/mol. The molecule has 0 amide bonds. The molecule has 17 nitrogen and oxygen atoms in total. The molecule has 356 valence electrons. The molecule has 4 aliphatic rings. The van der Waals surface area contributed by atoms with E-state index in [2.05, 4.69) is 4.90 Å². The molecule has 3 saturated heterocycles. The Balaban J connectivity index is 1.73. The van der Waals surface area contributed by atoms with E-state index >= 15 is 0 Å². The summed E-state index contributed by atoms with van der Waals surface area (Å²) >= 11 is 0. The van der Waals surface area contributed by atoms with Crippen LogP contribution in [-0.4, -0.2) is 182 Å². The van der Waals surface area contributed by atoms with Gasteiger partial charge in [-0.25, -0.2) is 0 Å². The van der Waals surface area contributed by atoms with Gasteiger partial charge >= 0.3 is 11.9 Å². The minimum atomic E-state index is -1.50. The largest absolute Gasteiger partial charge is 0.462 e. The van der Waals surface area contributed by atoms with Gasteiger partial charge in [-0.3, -0.25) is 9.59 Å². The van der Waals surface area contributed by atoms with Gasteiger partial charge in [0.15, 0.2) is 25.0 Å². The molecule has 0 bridgehead atoms. The number of carbonyl (C=O) groups excluding carboxylic acids is 3. The summed E-state index contributed by atoms with van der Waals surface area (Å²) < 4.78 is 56.6. The van der Waals surface area contributed by atoms with Crippen molar-refractivity contribution in [2.45, 2.75) is 197 Å². The van der Waals surface area contributed by atoms with E-state index in [1.807, 2.05) is 57.1 Å². The zero-order valence-corrected chi connectivity index (χ0v) is 38.9. The van der Waals surface area contributed by atoms with E-state index in [0.29, 0.717) is 19.3 Å². The lowest BCUT2D eigenvalue weighted by molar-refractivity contribution is -0.344. The van der Waals surface area contributed by atoms with E-state index in [1.165, 1.54) is 21.0 Å². The summed E-state index contributed by atoms with van der Waals surface area (Å²) in [4.78, 5) is 42.6. The van der Waals surface area contributed by atoms with Crippen molar-refractivity contribution in [3.05, 3.63) is 24.3 Å². The molecule has 0 saturated carbocycles. The zero-order chi connectivity index (χ0) is 46.1. The molecule has 19 atom stereocenters. The number of carbonyl (C=O) groups is 3. The van der Waals surface area contributed by atoms with Gasteiger partial charge in [0, 0.05) is 39.3 Å². The number of ether oxygens (including phenoxy) is 9. The highest BCUT2D eigenvalue weighted by molar-refractivity contribution is 5.70. The first-order valence-electron chi connectivity index (χ1n) is 22.2. The maximum absolute atomic E-state index is 13.2. The van der Waals surface area contributed by atoms with E-state index in [1.54, 1.807) is 34.9 Å². The van der Waals surface area contributed by atoms with Crippen molar-refractivity contribution in [1.82, 2.24) is 9.80 Å². The van der Waals surface area contributed by atoms with Crippen LogP contribution in [0.2, 0.25) is 0 Å². The lowest BCUT2D eigenvalue weighted by atomic mass is 9.82. The average Bonchev–Trinajstić information content (AvgIpc) is 3.16. The SMILES string of the molecule is CO[C@@H]1[C@@H](O[C@@H]2O[C@H](C)[C@H](O[C@@H]3C[C@](C)(O)[C@H](O)[C@H](C)O3)[C@H](N(C)C)[C@@H]2OC(C)=O)[C@@H](CC=O)C[C@@H](C)[C@@H](O[C@@H]2CC[C@H](N(C)C)[C@@H](C)O2)/C=C/C=C/C[C@@H](C)OC(=O)C[C@H]1O. The predicted molar refractivity (Wildman–Crippen MR) is 226 cm³/mol. The Hall–Kier alpha value is -2.39. The van der Waals surface area contributed by atoms with Gasteiger partial charge in [0.1, 0.15) is 30.7 Å². The van der Waals surface area contributed by atoms with Crippen LogP contribution in [0.1, 0.15) is 93.4 Å². The lowest BCUT2D eigenvalue weighted by Crippen LogP contribution is -2.66. The summed E-state index contributed by atoms with van der Waals surface area (Å²) in [5, 5.41) is 33.3. The molecule has 4 aliphatic heterocycles. The molecular weight excluding hydrogens is 808 g/mol. The van der Waals surface area contributed by atoms with Crippen molar-refractivity contribution in [3.63, 3.8) is 0 Å². The van der Waals surface area contributed by atoms with Gasteiger partial charge in [0.25, 0.3) is 0 Å². The van der Waals surface area contributed by atoms with Crippen LogP contribution in [-0.2, 0) is 57.0 Å². The van der Waals surface area contributed by atoms with Crippen LogP contribution in [0.3, 0.4) is 0 Å². The van der Waals surface area contributed by atoms with Gasteiger partial charge in [0.2, 0.25) is 0 Å². The predicted octanol–water partition coefficient (Wildman–Crippen LogP) is 2.90. The summed E-state index contributed by atoms with van der Waals surface area (Å²) in [5.74, 6) is -2.18.